The number of aromatic amines is 1. The van der Waals surface area contributed by atoms with E-state index in [1.165, 1.54) is 14.2 Å². The summed E-state index contributed by atoms with van der Waals surface area (Å²) in [7, 11) is 2.67. The number of likely N-dealkylation sites (tertiary alicyclic amines) is 2. The molecular weight excluding hydrogens is 686 g/mol. The van der Waals surface area contributed by atoms with E-state index in [1.54, 1.807) is 0 Å². The average Bonchev–Trinajstić information content (AvgIpc) is 3.99. The third-order valence-corrected chi connectivity index (χ3v) is 10.2. The molecule has 13 heteroatoms. The molecule has 0 radical (unpaired) electrons. The molecule has 0 spiro atoms. The lowest BCUT2D eigenvalue weighted by Gasteiger charge is -2.29. The number of alkyl carbamates (subject to hydrolysis) is 1. The van der Waals surface area contributed by atoms with Gasteiger partial charge in [0.2, 0.25) is 12.3 Å². The van der Waals surface area contributed by atoms with Gasteiger partial charge in [-0.15, -0.1) is 0 Å². The summed E-state index contributed by atoms with van der Waals surface area (Å²) in [6.07, 6.45) is 6.39. The molecule has 4 atom stereocenters. The van der Waals surface area contributed by atoms with Crippen LogP contribution in [-0.4, -0.2) is 82.4 Å². The molecule has 0 saturated carbocycles. The molecule has 2 aromatic heterocycles. The molecule has 0 bridgehead atoms. The Labute approximate surface area is 313 Å². The first-order valence-corrected chi connectivity index (χ1v) is 18.1. The maximum atomic E-state index is 13.9. The number of methoxy groups -OCH3 is 1. The van der Waals surface area contributed by atoms with Gasteiger partial charge in [0.15, 0.2) is 11.7 Å². The molecule has 2 N–H and O–H groups in total. The summed E-state index contributed by atoms with van der Waals surface area (Å²) in [6.45, 7) is 1.21. The molecule has 54 heavy (non-hydrogen) atoms. The van der Waals surface area contributed by atoms with Crippen molar-refractivity contribution < 1.29 is 28.9 Å². The maximum Gasteiger partial charge on any atom is 0.407 e. The number of aromatic nitrogens is 3. The number of benzene rings is 3. The maximum absolute atomic E-state index is 13.9. The van der Waals surface area contributed by atoms with Crippen molar-refractivity contribution in [2.75, 3.05) is 27.3 Å². The average molecular weight is 730 g/mol. The third kappa shape index (κ3) is 7.96. The first kappa shape index (κ1) is 36.3. The fourth-order valence-corrected chi connectivity index (χ4v) is 7.48. The summed E-state index contributed by atoms with van der Waals surface area (Å²) in [5.74, 6) is 0.397. The fraction of sp³-hybridized carbons (Fsp3) is 0.317. The molecule has 5 aromatic rings. The van der Waals surface area contributed by atoms with Crippen LogP contribution in [0.2, 0.25) is 0 Å². The largest absolute Gasteiger partial charge is 0.453 e. The van der Waals surface area contributed by atoms with Gasteiger partial charge in [0, 0.05) is 30.9 Å². The van der Waals surface area contributed by atoms with Crippen LogP contribution in [-0.2, 0) is 30.5 Å². The molecule has 278 valence electrons. The number of amides is 3. The van der Waals surface area contributed by atoms with E-state index in [0.717, 1.165) is 54.3 Å². The quantitative estimate of drug-likeness (QED) is 0.0661. The number of carbonyl (C=O) groups is 3. The zero-order chi connectivity index (χ0) is 37.4. The predicted octanol–water partition coefficient (Wildman–Crippen LogP) is 6.27. The minimum Gasteiger partial charge on any atom is -0.453 e. The smallest absolute Gasteiger partial charge is 0.407 e. The predicted molar refractivity (Wildman–Crippen MR) is 202 cm³/mol. The number of aliphatic imine (C=N–C) groups is 1. The Morgan fingerprint density at radius 1 is 0.889 bits per heavy atom. The summed E-state index contributed by atoms with van der Waals surface area (Å²) < 4.78 is 4.83. The van der Waals surface area contributed by atoms with Gasteiger partial charge < -0.3 is 29.7 Å². The molecule has 2 saturated heterocycles. The Balaban J connectivity index is 1.05. The second-order valence-electron chi connectivity index (χ2n) is 13.4. The van der Waals surface area contributed by atoms with Gasteiger partial charge in [-0.1, -0.05) is 84.9 Å². The van der Waals surface area contributed by atoms with Gasteiger partial charge in [-0.2, -0.15) is 4.89 Å². The van der Waals surface area contributed by atoms with Crippen LogP contribution in [0.1, 0.15) is 66.3 Å². The lowest BCUT2D eigenvalue weighted by atomic mass is 9.99. The fourth-order valence-electron chi connectivity index (χ4n) is 7.48. The van der Waals surface area contributed by atoms with Crippen LogP contribution in [0.4, 0.5) is 4.79 Å². The first-order valence-electron chi connectivity index (χ1n) is 18.1. The topological polar surface area (TPSA) is 151 Å². The van der Waals surface area contributed by atoms with E-state index in [1.807, 2.05) is 82.7 Å². The first-order chi connectivity index (χ1) is 26.4. The number of pyridine rings is 1. The Hall–Kier alpha value is -6.08. The van der Waals surface area contributed by atoms with Crippen LogP contribution < -0.4 is 5.32 Å². The number of nitrogens with one attached hydrogen (secondary N) is 2. The molecule has 2 aliphatic heterocycles. The molecule has 13 nitrogen and oxygen atoms in total. The number of carbonyl (C=O) groups excluding carboxylic acids is 3. The Morgan fingerprint density at radius 3 is 2.31 bits per heavy atom. The Morgan fingerprint density at radius 2 is 1.59 bits per heavy atom. The number of fused-ring (bicyclic) bond motifs is 1. The zero-order valence-electron chi connectivity index (χ0n) is 30.3. The Bertz CT molecular complexity index is 2090. The number of rotatable bonds is 12. The van der Waals surface area contributed by atoms with Gasteiger partial charge in [0.25, 0.3) is 5.91 Å². The van der Waals surface area contributed by atoms with Gasteiger partial charge in [0.1, 0.15) is 17.4 Å². The molecule has 7 rings (SSSR count). The van der Waals surface area contributed by atoms with Crippen molar-refractivity contribution in [1.82, 2.24) is 30.1 Å². The van der Waals surface area contributed by atoms with Crippen LogP contribution in [0.25, 0.3) is 22.3 Å². The number of ether oxygens (including phenoxy) is 1. The van der Waals surface area contributed by atoms with Crippen molar-refractivity contribution in [2.45, 2.75) is 56.3 Å². The highest BCUT2D eigenvalue weighted by Gasteiger charge is 2.37. The van der Waals surface area contributed by atoms with E-state index in [-0.39, 0.29) is 23.9 Å². The standard InChI is InChI=1S/C41H43N7O6/c1-52-41(51)45-36(30-13-7-4-8-14-30)40(50)47-21-9-15-32(47)23-27-17-19-28(20-18-27)31-24-33-37(42-25-31)46-38(44-33)34-16-10-22-48(34)39(49)35(43-26-54-53-2)29-11-5-3-6-12-29/h3-8,11-14,17-20,24-26,32,34-36H,9-10,15-16,21-23H2,1-2H3,(H,45,51)(H,42,44,46)/b43-26-/t32?,34-,35+,36+/m0/s1. The van der Waals surface area contributed by atoms with Gasteiger partial charge >= 0.3 is 6.09 Å². The van der Waals surface area contributed by atoms with Crippen molar-refractivity contribution in [3.05, 3.63) is 120 Å². The number of nitrogens with zero attached hydrogens (tertiary/aromatic N) is 5. The molecule has 2 fully saturated rings. The van der Waals surface area contributed by atoms with Crippen LogP contribution in [0.3, 0.4) is 0 Å². The van der Waals surface area contributed by atoms with E-state index in [4.69, 9.17) is 19.6 Å². The monoisotopic (exact) mass is 729 g/mol. The zero-order valence-corrected chi connectivity index (χ0v) is 30.3. The van der Waals surface area contributed by atoms with Gasteiger partial charge in [-0.05, 0) is 60.4 Å². The van der Waals surface area contributed by atoms with Gasteiger partial charge in [-0.3, -0.25) is 9.59 Å². The normalized spacial score (nSPS) is 18.2. The molecule has 0 aliphatic carbocycles. The SMILES string of the molecule is COO/C=N\[C@@H](C(=O)N1CCC[C@H]1c1nc2cc(-c3ccc(CC4CCCN4C(=O)[C@H](NC(=O)OC)c4ccccc4)cc3)cnc2[nH]1)c1ccccc1. The number of hydrogen-bond donors (Lipinski definition) is 2. The van der Waals surface area contributed by atoms with Crippen molar-refractivity contribution in [3.8, 4) is 11.1 Å². The Kier molecular flexibility index (Phi) is 11.2. The lowest BCUT2D eigenvalue weighted by Crippen LogP contribution is -2.45. The van der Waals surface area contributed by atoms with Crippen LogP contribution in [0.15, 0.2) is 102 Å². The van der Waals surface area contributed by atoms with E-state index in [2.05, 4.69) is 44.4 Å². The number of hydrogen-bond acceptors (Lipinski definition) is 9. The van der Waals surface area contributed by atoms with Crippen LogP contribution in [0, 0.1) is 0 Å². The van der Waals surface area contributed by atoms with Crippen molar-refractivity contribution in [2.24, 2.45) is 4.99 Å². The van der Waals surface area contributed by atoms with Crippen LogP contribution >= 0.6 is 0 Å². The number of H-pyrrole nitrogens is 1. The minimum atomic E-state index is -0.828. The summed E-state index contributed by atoms with van der Waals surface area (Å²) in [5, 5.41) is 2.73. The van der Waals surface area contributed by atoms with Crippen molar-refractivity contribution >= 4 is 35.5 Å². The van der Waals surface area contributed by atoms with Gasteiger partial charge in [0.05, 0.1) is 20.3 Å². The number of imidazole rings is 1. The van der Waals surface area contributed by atoms with E-state index < -0.39 is 18.2 Å². The second-order valence-corrected chi connectivity index (χ2v) is 13.4. The third-order valence-electron chi connectivity index (χ3n) is 10.2. The molecule has 4 heterocycles. The lowest BCUT2D eigenvalue weighted by molar-refractivity contribution is -0.188. The van der Waals surface area contributed by atoms with E-state index in [0.29, 0.717) is 42.1 Å². The van der Waals surface area contributed by atoms with E-state index in [9.17, 15) is 14.4 Å². The van der Waals surface area contributed by atoms with E-state index >= 15 is 0 Å². The highest BCUT2D eigenvalue weighted by atomic mass is 17.2. The highest BCUT2D eigenvalue weighted by molar-refractivity contribution is 5.87. The molecule has 2 aliphatic rings. The molecule has 1 unspecified atom stereocenters. The van der Waals surface area contributed by atoms with Gasteiger partial charge in [-0.25, -0.2) is 19.8 Å². The summed E-state index contributed by atoms with van der Waals surface area (Å²) >= 11 is 0. The van der Waals surface area contributed by atoms with Crippen molar-refractivity contribution in [1.29, 1.82) is 0 Å². The van der Waals surface area contributed by atoms with Crippen LogP contribution in [0.5, 0.6) is 0 Å². The minimum absolute atomic E-state index is 0.00463. The van der Waals surface area contributed by atoms with Crippen molar-refractivity contribution in [3.63, 3.8) is 0 Å². The molecular formula is C41H43N7O6. The summed E-state index contributed by atoms with van der Waals surface area (Å²) in [5.41, 5.74) is 5.84. The second kappa shape index (κ2) is 16.7. The highest BCUT2D eigenvalue weighted by Crippen LogP contribution is 2.35. The molecule has 3 aromatic carbocycles. The molecule has 3 amide bonds. The summed E-state index contributed by atoms with van der Waals surface area (Å²) in [6, 6.07) is 27.1. The summed E-state index contributed by atoms with van der Waals surface area (Å²) in [4.78, 5) is 70.5.